The molecule has 0 bridgehead atoms. The highest BCUT2D eigenvalue weighted by Gasteiger charge is 2.15. The largest absolute Gasteiger partial charge is 0.315 e. The number of hydrogen-bond acceptors (Lipinski definition) is 3. The van der Waals surface area contributed by atoms with Crippen molar-refractivity contribution in [1.82, 2.24) is 20.0 Å². The third kappa shape index (κ3) is 4.79. The molecule has 1 rings (SSSR count). The Hall–Kier alpha value is -0.580. The van der Waals surface area contributed by atoms with Crippen LogP contribution >= 0.6 is 11.6 Å². The molecule has 0 aliphatic rings. The van der Waals surface area contributed by atoms with Crippen molar-refractivity contribution >= 4 is 11.6 Å². The number of aryl methyl sites for hydroxylation is 2. The molecule has 0 amide bonds. The molecule has 5 heteroatoms. The zero-order chi connectivity index (χ0) is 14.3. The van der Waals surface area contributed by atoms with Gasteiger partial charge in [0.25, 0.3) is 0 Å². The molecule has 1 N–H and O–H groups in total. The summed E-state index contributed by atoms with van der Waals surface area (Å²) in [5.74, 6) is 0. The minimum absolute atomic E-state index is 0.845. The summed E-state index contributed by atoms with van der Waals surface area (Å²) in [6.07, 6.45) is 2.07. The lowest BCUT2D eigenvalue weighted by Gasteiger charge is -2.17. The Morgan fingerprint density at radius 3 is 2.58 bits per heavy atom. The Bertz CT molecular complexity index is 376. The molecule has 0 saturated carbocycles. The Morgan fingerprint density at radius 1 is 1.26 bits per heavy atom. The number of nitrogens with zero attached hydrogens (tertiary/aromatic N) is 3. The first-order valence-corrected chi connectivity index (χ1v) is 7.65. The molecular formula is C14H27ClN4. The van der Waals surface area contributed by atoms with Crippen LogP contribution in [0, 0.1) is 0 Å². The number of hydrogen-bond donors (Lipinski definition) is 1. The van der Waals surface area contributed by atoms with E-state index in [4.69, 9.17) is 11.6 Å². The topological polar surface area (TPSA) is 33.1 Å². The average Bonchev–Trinajstić information content (AvgIpc) is 2.71. The predicted octanol–water partition coefficient (Wildman–Crippen LogP) is 2.55. The van der Waals surface area contributed by atoms with Crippen molar-refractivity contribution in [3.63, 3.8) is 0 Å². The molecule has 0 aliphatic heterocycles. The molecule has 0 saturated heterocycles. The normalized spacial score (nSPS) is 11.5. The predicted molar refractivity (Wildman–Crippen MR) is 81.8 cm³/mol. The van der Waals surface area contributed by atoms with E-state index < -0.39 is 0 Å². The Balaban J connectivity index is 2.57. The van der Waals surface area contributed by atoms with Gasteiger partial charge in [-0.15, -0.1) is 0 Å². The molecule has 19 heavy (non-hydrogen) atoms. The van der Waals surface area contributed by atoms with Gasteiger partial charge in [0.05, 0.1) is 16.4 Å². The van der Waals surface area contributed by atoms with E-state index in [1.54, 1.807) is 0 Å². The molecule has 0 fully saturated rings. The first-order valence-electron chi connectivity index (χ1n) is 7.27. The highest BCUT2D eigenvalue weighted by molar-refractivity contribution is 6.31. The van der Waals surface area contributed by atoms with E-state index >= 15 is 0 Å². The molecule has 4 nitrogen and oxygen atoms in total. The van der Waals surface area contributed by atoms with Crippen LogP contribution in [0.3, 0.4) is 0 Å². The van der Waals surface area contributed by atoms with E-state index in [9.17, 15) is 0 Å². The lowest BCUT2D eigenvalue weighted by Crippen LogP contribution is -2.30. The van der Waals surface area contributed by atoms with Gasteiger partial charge >= 0.3 is 0 Å². The Labute approximate surface area is 122 Å². The van der Waals surface area contributed by atoms with E-state index in [1.807, 2.05) is 4.68 Å². The van der Waals surface area contributed by atoms with Gasteiger partial charge in [-0.25, -0.2) is 0 Å². The second-order valence-electron chi connectivity index (χ2n) is 4.86. The summed E-state index contributed by atoms with van der Waals surface area (Å²) in [6, 6.07) is 0. The first-order chi connectivity index (χ1) is 9.13. The Kier molecular flexibility index (Phi) is 7.42. The summed E-state index contributed by atoms with van der Waals surface area (Å²) in [5, 5.41) is 8.81. The number of likely N-dealkylation sites (N-methyl/N-ethyl adjacent to an activating group) is 1. The fourth-order valence-corrected chi connectivity index (χ4v) is 2.40. The summed E-state index contributed by atoms with van der Waals surface area (Å²) in [5.41, 5.74) is 2.15. The van der Waals surface area contributed by atoms with Gasteiger partial charge in [0.2, 0.25) is 0 Å². The molecule has 0 radical (unpaired) electrons. The van der Waals surface area contributed by atoms with Crippen LogP contribution in [0.4, 0.5) is 0 Å². The zero-order valence-electron chi connectivity index (χ0n) is 12.7. The molecule has 1 heterocycles. The summed E-state index contributed by atoms with van der Waals surface area (Å²) in [4.78, 5) is 2.29. The van der Waals surface area contributed by atoms with Crippen LogP contribution in [-0.4, -0.2) is 41.4 Å². The molecule has 0 aliphatic carbocycles. The van der Waals surface area contributed by atoms with Gasteiger partial charge in [0.1, 0.15) is 0 Å². The van der Waals surface area contributed by atoms with Gasteiger partial charge in [-0.2, -0.15) is 5.10 Å². The van der Waals surface area contributed by atoms with E-state index in [1.165, 1.54) is 6.42 Å². The van der Waals surface area contributed by atoms with Crippen LogP contribution in [-0.2, 0) is 19.5 Å². The molecule has 110 valence electrons. The Morgan fingerprint density at radius 2 is 2.00 bits per heavy atom. The smallest absolute Gasteiger partial charge is 0.0863 e. The van der Waals surface area contributed by atoms with Crippen molar-refractivity contribution in [3.8, 4) is 0 Å². The molecular weight excluding hydrogens is 260 g/mol. The summed E-state index contributed by atoms with van der Waals surface area (Å²) >= 11 is 6.41. The van der Waals surface area contributed by atoms with Crippen LogP contribution in [0.2, 0.25) is 5.02 Å². The van der Waals surface area contributed by atoms with E-state index in [-0.39, 0.29) is 0 Å². The van der Waals surface area contributed by atoms with Crippen molar-refractivity contribution in [2.45, 2.75) is 46.7 Å². The molecule has 0 atom stereocenters. The maximum atomic E-state index is 6.41. The van der Waals surface area contributed by atoms with Gasteiger partial charge in [-0.3, -0.25) is 9.58 Å². The molecule has 1 aromatic rings. The summed E-state index contributed by atoms with van der Waals surface area (Å²) in [7, 11) is 2.13. The van der Waals surface area contributed by atoms with E-state index in [0.717, 1.165) is 55.6 Å². The fraction of sp³-hybridized carbons (Fsp3) is 0.786. The van der Waals surface area contributed by atoms with Crippen LogP contribution in [0.1, 0.15) is 38.6 Å². The van der Waals surface area contributed by atoms with Gasteiger partial charge in [-0.1, -0.05) is 25.4 Å². The minimum Gasteiger partial charge on any atom is -0.315 e. The highest BCUT2D eigenvalue weighted by atomic mass is 35.5. The van der Waals surface area contributed by atoms with Crippen molar-refractivity contribution in [2.75, 3.05) is 26.7 Å². The number of rotatable bonds is 9. The zero-order valence-corrected chi connectivity index (χ0v) is 13.4. The lowest BCUT2D eigenvalue weighted by atomic mass is 10.3. The molecule has 0 aromatic carbocycles. The summed E-state index contributed by atoms with van der Waals surface area (Å²) < 4.78 is 2.02. The quantitative estimate of drug-likeness (QED) is 0.708. The summed E-state index contributed by atoms with van der Waals surface area (Å²) in [6.45, 7) is 11.2. The second-order valence-corrected chi connectivity index (χ2v) is 5.24. The minimum atomic E-state index is 0.845. The van der Waals surface area contributed by atoms with Gasteiger partial charge in [-0.05, 0) is 33.4 Å². The second kappa shape index (κ2) is 8.56. The maximum absolute atomic E-state index is 6.41. The molecule has 0 unspecified atom stereocenters. The van der Waals surface area contributed by atoms with Crippen molar-refractivity contribution < 1.29 is 0 Å². The monoisotopic (exact) mass is 286 g/mol. The lowest BCUT2D eigenvalue weighted by molar-refractivity contribution is 0.313. The molecule has 1 aromatic heterocycles. The van der Waals surface area contributed by atoms with Gasteiger partial charge in [0.15, 0.2) is 0 Å². The van der Waals surface area contributed by atoms with E-state index in [0.29, 0.717) is 0 Å². The third-order valence-corrected chi connectivity index (χ3v) is 3.65. The SMILES string of the molecule is CCCNCCN(C)Cc1c(Cl)c(CC)nn1CC. The van der Waals surface area contributed by atoms with Gasteiger partial charge < -0.3 is 5.32 Å². The standard InChI is InChI=1S/C14H27ClN4/c1-5-8-16-9-10-18(4)11-13-14(15)12(6-2)17-19(13)7-3/h16H,5-11H2,1-4H3. The van der Waals surface area contributed by atoms with E-state index in [2.05, 4.69) is 43.1 Å². The average molecular weight is 287 g/mol. The number of halogens is 1. The fourth-order valence-electron chi connectivity index (χ4n) is 2.07. The van der Waals surface area contributed by atoms with Crippen molar-refractivity contribution in [2.24, 2.45) is 0 Å². The number of aromatic nitrogens is 2. The van der Waals surface area contributed by atoms with Crippen LogP contribution in [0.5, 0.6) is 0 Å². The number of nitrogens with one attached hydrogen (secondary N) is 1. The third-order valence-electron chi connectivity index (χ3n) is 3.21. The van der Waals surface area contributed by atoms with Crippen LogP contribution < -0.4 is 5.32 Å². The molecule has 0 spiro atoms. The van der Waals surface area contributed by atoms with Crippen LogP contribution in [0.25, 0.3) is 0 Å². The van der Waals surface area contributed by atoms with Crippen LogP contribution in [0.15, 0.2) is 0 Å². The van der Waals surface area contributed by atoms with Crippen molar-refractivity contribution in [1.29, 1.82) is 0 Å². The maximum Gasteiger partial charge on any atom is 0.0863 e. The van der Waals surface area contributed by atoms with Gasteiger partial charge in [0, 0.05) is 26.2 Å². The van der Waals surface area contributed by atoms with Crippen molar-refractivity contribution in [3.05, 3.63) is 16.4 Å². The first kappa shape index (κ1) is 16.5. The highest BCUT2D eigenvalue weighted by Crippen LogP contribution is 2.22.